The van der Waals surface area contributed by atoms with Crippen molar-refractivity contribution in [3.8, 4) is 5.75 Å². The van der Waals surface area contributed by atoms with Crippen molar-refractivity contribution in [1.82, 2.24) is 10.2 Å². The van der Waals surface area contributed by atoms with Crippen molar-refractivity contribution >= 4 is 29.9 Å². The van der Waals surface area contributed by atoms with Crippen LogP contribution in [-0.4, -0.2) is 50.0 Å². The Morgan fingerprint density at radius 2 is 1.85 bits per heavy atom. The van der Waals surface area contributed by atoms with Crippen LogP contribution in [-0.2, 0) is 11.3 Å². The molecule has 1 aliphatic heterocycles. The van der Waals surface area contributed by atoms with Crippen molar-refractivity contribution in [2.24, 2.45) is 10.9 Å². The number of aliphatic imine (C=N–C) groups is 1. The van der Waals surface area contributed by atoms with Gasteiger partial charge in [-0.3, -0.25) is 4.99 Å². The molecule has 2 aromatic carbocycles. The number of hydrogen-bond acceptors (Lipinski definition) is 3. The Bertz CT molecular complexity index is 927. The summed E-state index contributed by atoms with van der Waals surface area (Å²) < 4.78 is 48.3. The van der Waals surface area contributed by atoms with E-state index in [1.165, 1.54) is 6.07 Å². The minimum atomic E-state index is -4.70. The van der Waals surface area contributed by atoms with Gasteiger partial charge in [-0.05, 0) is 30.0 Å². The van der Waals surface area contributed by atoms with Crippen molar-refractivity contribution in [2.75, 3.05) is 26.7 Å². The maximum absolute atomic E-state index is 12.7. The van der Waals surface area contributed by atoms with E-state index in [9.17, 15) is 13.2 Å². The second-order valence-corrected chi connectivity index (χ2v) is 8.33. The van der Waals surface area contributed by atoms with E-state index in [2.05, 4.69) is 32.1 Å². The third kappa shape index (κ3) is 7.23. The van der Waals surface area contributed by atoms with Crippen molar-refractivity contribution in [3.63, 3.8) is 0 Å². The van der Waals surface area contributed by atoms with Gasteiger partial charge in [0.25, 0.3) is 0 Å². The summed E-state index contributed by atoms with van der Waals surface area (Å²) >= 11 is 0. The van der Waals surface area contributed by atoms with Gasteiger partial charge in [-0.2, -0.15) is 0 Å². The first-order chi connectivity index (χ1) is 15.4. The quantitative estimate of drug-likeness (QED) is 0.281. The highest BCUT2D eigenvalue weighted by molar-refractivity contribution is 14.0. The van der Waals surface area contributed by atoms with Crippen LogP contribution in [0.4, 0.5) is 13.2 Å². The summed E-state index contributed by atoms with van der Waals surface area (Å²) in [5.74, 6) is 1.06. The minimum Gasteiger partial charge on any atom is -0.405 e. The predicted octanol–water partition coefficient (Wildman–Crippen LogP) is 5.17. The maximum atomic E-state index is 12.7. The van der Waals surface area contributed by atoms with Gasteiger partial charge in [0, 0.05) is 38.0 Å². The molecule has 1 heterocycles. The monoisotopic (exact) mass is 575 g/mol. The summed E-state index contributed by atoms with van der Waals surface area (Å²) in [5, 5.41) is 3.42. The first kappa shape index (κ1) is 25.6. The van der Waals surface area contributed by atoms with Crippen molar-refractivity contribution in [3.05, 3.63) is 65.7 Å². The van der Waals surface area contributed by atoms with Crippen LogP contribution >= 0.6 is 24.0 Å². The predicted molar refractivity (Wildman–Crippen MR) is 132 cm³/mol. The van der Waals surface area contributed by atoms with Crippen LogP contribution in [0.2, 0.25) is 0 Å². The van der Waals surface area contributed by atoms with E-state index < -0.39 is 6.36 Å². The molecule has 2 fully saturated rings. The van der Waals surface area contributed by atoms with Crippen LogP contribution in [0.3, 0.4) is 0 Å². The van der Waals surface area contributed by atoms with Gasteiger partial charge in [0.05, 0.1) is 13.2 Å². The molecule has 180 valence electrons. The lowest BCUT2D eigenvalue weighted by Crippen LogP contribution is -2.41. The SMILES string of the molecule is CN=C(NC1CC1c1ccccc1OC(F)(F)F)N1CCC(COCc2ccccc2)C1.I. The molecule has 9 heteroatoms. The van der Waals surface area contributed by atoms with Crippen LogP contribution in [0.5, 0.6) is 5.75 Å². The smallest absolute Gasteiger partial charge is 0.405 e. The normalized spacial score (nSPS) is 22.6. The molecule has 0 amide bonds. The zero-order chi connectivity index (χ0) is 22.6. The van der Waals surface area contributed by atoms with E-state index in [4.69, 9.17) is 4.74 Å². The number of likely N-dealkylation sites (tertiary alicyclic amines) is 1. The van der Waals surface area contributed by atoms with Gasteiger partial charge in [0.2, 0.25) is 0 Å². The van der Waals surface area contributed by atoms with Gasteiger partial charge in [0.15, 0.2) is 5.96 Å². The van der Waals surface area contributed by atoms with Crippen LogP contribution < -0.4 is 10.1 Å². The lowest BCUT2D eigenvalue weighted by Gasteiger charge is -2.22. The highest BCUT2D eigenvalue weighted by atomic mass is 127. The standard InChI is InChI=1S/C24H28F3N3O2.HI/c1-28-23(30-12-11-18(14-30)16-31-15-17-7-3-2-4-8-17)29-21-13-20(21)19-9-5-6-10-22(19)32-24(25,26)27;/h2-10,18,20-21H,11-16H2,1H3,(H,28,29);1H. The van der Waals surface area contributed by atoms with Crippen LogP contribution in [0.25, 0.3) is 0 Å². The molecule has 1 saturated heterocycles. The Balaban J connectivity index is 0.00000306. The summed E-state index contributed by atoms with van der Waals surface area (Å²) in [6.45, 7) is 3.02. The molecule has 33 heavy (non-hydrogen) atoms. The Kier molecular flexibility index (Phi) is 8.86. The molecule has 0 spiro atoms. The third-order valence-corrected chi connectivity index (χ3v) is 5.91. The molecule has 2 aliphatic rings. The molecule has 5 nitrogen and oxygen atoms in total. The van der Waals surface area contributed by atoms with Crippen LogP contribution in [0.1, 0.15) is 29.9 Å². The summed E-state index contributed by atoms with van der Waals surface area (Å²) in [6, 6.07) is 16.5. The molecule has 1 aliphatic carbocycles. The van der Waals surface area contributed by atoms with Crippen molar-refractivity contribution in [1.29, 1.82) is 0 Å². The third-order valence-electron chi connectivity index (χ3n) is 5.91. The number of halogens is 4. The van der Waals surface area contributed by atoms with Gasteiger partial charge in [-0.25, -0.2) is 0 Å². The van der Waals surface area contributed by atoms with Gasteiger partial charge in [-0.1, -0.05) is 48.5 Å². The second-order valence-electron chi connectivity index (χ2n) is 8.33. The number of nitrogens with zero attached hydrogens (tertiary/aromatic N) is 2. The molecule has 2 aromatic rings. The van der Waals surface area contributed by atoms with E-state index in [0.29, 0.717) is 24.7 Å². The summed E-state index contributed by atoms with van der Waals surface area (Å²) in [7, 11) is 1.74. The van der Waals surface area contributed by atoms with Gasteiger partial charge < -0.3 is 19.7 Å². The number of guanidine groups is 1. The van der Waals surface area contributed by atoms with Gasteiger partial charge in [0.1, 0.15) is 5.75 Å². The average molecular weight is 575 g/mol. The lowest BCUT2D eigenvalue weighted by molar-refractivity contribution is -0.274. The summed E-state index contributed by atoms with van der Waals surface area (Å²) in [6.07, 6.45) is -2.93. The first-order valence-corrected chi connectivity index (χ1v) is 10.9. The molecule has 4 rings (SSSR count). The average Bonchev–Trinajstić information content (AvgIpc) is 3.38. The molecule has 1 saturated carbocycles. The molecule has 0 radical (unpaired) electrons. The summed E-state index contributed by atoms with van der Waals surface area (Å²) in [4.78, 5) is 6.60. The number of hydrogen-bond donors (Lipinski definition) is 1. The van der Waals surface area contributed by atoms with Crippen molar-refractivity contribution in [2.45, 2.75) is 37.8 Å². The van der Waals surface area contributed by atoms with Gasteiger partial charge >= 0.3 is 6.36 Å². The molecule has 3 unspecified atom stereocenters. The maximum Gasteiger partial charge on any atom is 0.573 e. The number of alkyl halides is 3. The van der Waals surface area contributed by atoms with E-state index in [0.717, 1.165) is 37.5 Å². The highest BCUT2D eigenvalue weighted by Crippen LogP contribution is 2.45. The summed E-state index contributed by atoms with van der Waals surface area (Å²) in [5.41, 5.74) is 1.74. The van der Waals surface area contributed by atoms with E-state index in [1.807, 2.05) is 18.2 Å². The largest absolute Gasteiger partial charge is 0.573 e. The first-order valence-electron chi connectivity index (χ1n) is 10.9. The molecule has 1 N–H and O–H groups in total. The van der Waals surface area contributed by atoms with E-state index in [1.54, 1.807) is 25.2 Å². The molecular weight excluding hydrogens is 546 g/mol. The van der Waals surface area contributed by atoms with E-state index >= 15 is 0 Å². The number of ether oxygens (including phenoxy) is 2. The fourth-order valence-corrected chi connectivity index (χ4v) is 4.24. The van der Waals surface area contributed by atoms with Gasteiger partial charge in [-0.15, -0.1) is 37.1 Å². The molecule has 0 aromatic heterocycles. The van der Waals surface area contributed by atoms with Crippen LogP contribution in [0, 0.1) is 5.92 Å². The van der Waals surface area contributed by atoms with Crippen molar-refractivity contribution < 1.29 is 22.6 Å². The lowest BCUT2D eigenvalue weighted by atomic mass is 10.1. The Morgan fingerprint density at radius 1 is 1.12 bits per heavy atom. The molecule has 3 atom stereocenters. The Labute approximate surface area is 209 Å². The molecular formula is C24H29F3IN3O2. The minimum absolute atomic E-state index is 0. The fraction of sp³-hybridized carbons (Fsp3) is 0.458. The zero-order valence-corrected chi connectivity index (χ0v) is 20.8. The number of para-hydroxylation sites is 1. The van der Waals surface area contributed by atoms with Crippen LogP contribution in [0.15, 0.2) is 59.6 Å². The van der Waals surface area contributed by atoms with E-state index in [-0.39, 0.29) is 41.7 Å². The molecule has 0 bridgehead atoms. The zero-order valence-electron chi connectivity index (χ0n) is 18.4. The highest BCUT2D eigenvalue weighted by Gasteiger charge is 2.43. The Hall–Kier alpha value is -2.01. The number of nitrogens with one attached hydrogen (secondary N) is 1. The Morgan fingerprint density at radius 3 is 2.58 bits per heavy atom. The fourth-order valence-electron chi connectivity index (χ4n) is 4.24. The second kappa shape index (κ2) is 11.4. The topological polar surface area (TPSA) is 46.1 Å². The number of rotatable bonds is 7. The number of benzene rings is 2.